The predicted molar refractivity (Wildman–Crippen MR) is 95.3 cm³/mol. The summed E-state index contributed by atoms with van der Waals surface area (Å²) in [5.74, 6) is 0.559. The van der Waals surface area contributed by atoms with Crippen molar-refractivity contribution in [2.24, 2.45) is 0 Å². The Morgan fingerprint density at radius 2 is 1.75 bits per heavy atom. The largest absolute Gasteiger partial charge is 0.481 e. The number of pyridine rings is 1. The van der Waals surface area contributed by atoms with Gasteiger partial charge in [-0.15, -0.1) is 0 Å². The van der Waals surface area contributed by atoms with Gasteiger partial charge in [-0.2, -0.15) is 0 Å². The second-order valence-electron chi connectivity index (χ2n) is 5.78. The molecule has 2 rings (SSSR count). The number of rotatable bonds is 6. The minimum absolute atomic E-state index is 0.123. The number of hydrogen-bond donors (Lipinski definition) is 1. The van der Waals surface area contributed by atoms with Gasteiger partial charge in [-0.1, -0.05) is 18.2 Å². The molecule has 1 heterocycles. The van der Waals surface area contributed by atoms with Crippen molar-refractivity contribution in [1.82, 2.24) is 15.2 Å². The molecular formula is C18H24N4O2. The molecular weight excluding hydrogens is 304 g/mol. The summed E-state index contributed by atoms with van der Waals surface area (Å²) < 4.78 is 5.01. The van der Waals surface area contributed by atoms with Crippen LogP contribution in [-0.4, -0.2) is 44.2 Å². The average Bonchev–Trinajstić information content (AvgIpc) is 2.60. The molecule has 0 spiro atoms. The molecule has 0 aliphatic heterocycles. The zero-order valence-electron chi connectivity index (χ0n) is 14.6. The molecule has 0 bridgehead atoms. The number of methoxy groups -OCH3 is 1. The number of benzene rings is 1. The number of carbonyl (C=O) groups is 1. The van der Waals surface area contributed by atoms with Crippen LogP contribution in [0.4, 0.5) is 10.5 Å². The van der Waals surface area contributed by atoms with E-state index in [1.807, 2.05) is 49.3 Å². The lowest BCUT2D eigenvalue weighted by atomic mass is 10.2. The lowest BCUT2D eigenvalue weighted by molar-refractivity contribution is 0.206. The SMILES string of the molecule is COc1ccc(CNC(=O)N(C)Cc2ccc(N(C)C)cc2)cn1. The summed E-state index contributed by atoms with van der Waals surface area (Å²) in [6, 6.07) is 11.7. The van der Waals surface area contributed by atoms with Crippen LogP contribution in [0.25, 0.3) is 0 Å². The topological polar surface area (TPSA) is 57.7 Å². The highest BCUT2D eigenvalue weighted by molar-refractivity contribution is 5.73. The number of nitrogens with zero attached hydrogens (tertiary/aromatic N) is 3. The Kier molecular flexibility index (Phi) is 6.01. The van der Waals surface area contributed by atoms with Crippen molar-refractivity contribution in [2.75, 3.05) is 33.2 Å². The van der Waals surface area contributed by atoms with Gasteiger partial charge in [-0.05, 0) is 23.3 Å². The van der Waals surface area contributed by atoms with Gasteiger partial charge in [0.05, 0.1) is 7.11 Å². The molecule has 128 valence electrons. The van der Waals surface area contributed by atoms with Gasteiger partial charge in [0, 0.05) is 52.2 Å². The molecule has 1 aromatic carbocycles. The fraction of sp³-hybridized carbons (Fsp3) is 0.333. The number of ether oxygens (including phenoxy) is 1. The van der Waals surface area contributed by atoms with Crippen LogP contribution < -0.4 is 15.0 Å². The first-order valence-corrected chi connectivity index (χ1v) is 7.73. The van der Waals surface area contributed by atoms with E-state index in [0.29, 0.717) is 19.0 Å². The van der Waals surface area contributed by atoms with Gasteiger partial charge in [0.25, 0.3) is 0 Å². The summed E-state index contributed by atoms with van der Waals surface area (Å²) in [6.45, 7) is 0.986. The molecule has 0 aliphatic carbocycles. The number of anilines is 1. The van der Waals surface area contributed by atoms with Crippen LogP contribution in [0.2, 0.25) is 0 Å². The number of hydrogen-bond acceptors (Lipinski definition) is 4. The van der Waals surface area contributed by atoms with Crippen molar-refractivity contribution < 1.29 is 9.53 Å². The normalized spacial score (nSPS) is 10.2. The Labute approximate surface area is 143 Å². The summed E-state index contributed by atoms with van der Waals surface area (Å²) in [4.78, 5) is 20.0. The Bertz CT molecular complexity index is 654. The van der Waals surface area contributed by atoms with Crippen LogP contribution in [0.1, 0.15) is 11.1 Å². The number of carbonyl (C=O) groups excluding carboxylic acids is 1. The summed E-state index contributed by atoms with van der Waals surface area (Å²) >= 11 is 0. The van der Waals surface area contributed by atoms with Crippen molar-refractivity contribution >= 4 is 11.7 Å². The fourth-order valence-corrected chi connectivity index (χ4v) is 2.19. The molecule has 0 radical (unpaired) electrons. The van der Waals surface area contributed by atoms with E-state index >= 15 is 0 Å². The first-order valence-electron chi connectivity index (χ1n) is 7.73. The number of amides is 2. The lowest BCUT2D eigenvalue weighted by Crippen LogP contribution is -2.36. The zero-order valence-corrected chi connectivity index (χ0v) is 14.6. The molecule has 2 amide bonds. The van der Waals surface area contributed by atoms with Crippen LogP contribution in [0.15, 0.2) is 42.6 Å². The highest BCUT2D eigenvalue weighted by Gasteiger charge is 2.09. The summed E-state index contributed by atoms with van der Waals surface area (Å²) in [7, 11) is 7.36. The van der Waals surface area contributed by atoms with Crippen molar-refractivity contribution in [3.8, 4) is 5.88 Å². The molecule has 0 unspecified atom stereocenters. The van der Waals surface area contributed by atoms with E-state index in [9.17, 15) is 4.79 Å². The molecule has 24 heavy (non-hydrogen) atoms. The summed E-state index contributed by atoms with van der Waals surface area (Å²) in [6.07, 6.45) is 1.69. The van der Waals surface area contributed by atoms with E-state index in [-0.39, 0.29) is 6.03 Å². The van der Waals surface area contributed by atoms with Gasteiger partial charge in [0.1, 0.15) is 0 Å². The van der Waals surface area contributed by atoms with Crippen molar-refractivity contribution in [3.63, 3.8) is 0 Å². The minimum atomic E-state index is -0.123. The monoisotopic (exact) mass is 328 g/mol. The highest BCUT2D eigenvalue weighted by Crippen LogP contribution is 2.13. The molecule has 0 aliphatic rings. The maximum atomic E-state index is 12.2. The Morgan fingerprint density at radius 3 is 2.29 bits per heavy atom. The van der Waals surface area contributed by atoms with Crippen LogP contribution in [0.3, 0.4) is 0 Å². The van der Waals surface area contributed by atoms with Gasteiger partial charge in [0.2, 0.25) is 5.88 Å². The highest BCUT2D eigenvalue weighted by atomic mass is 16.5. The molecule has 1 aromatic heterocycles. The van der Waals surface area contributed by atoms with Gasteiger partial charge >= 0.3 is 6.03 Å². The molecule has 6 nitrogen and oxygen atoms in total. The molecule has 0 saturated carbocycles. The van der Waals surface area contributed by atoms with Gasteiger partial charge < -0.3 is 19.9 Å². The minimum Gasteiger partial charge on any atom is -0.481 e. The second kappa shape index (κ2) is 8.19. The zero-order chi connectivity index (χ0) is 17.5. The third-order valence-corrected chi connectivity index (χ3v) is 3.67. The third-order valence-electron chi connectivity index (χ3n) is 3.67. The van der Waals surface area contributed by atoms with Gasteiger partial charge in [0.15, 0.2) is 0 Å². The van der Waals surface area contributed by atoms with E-state index in [1.165, 1.54) is 0 Å². The molecule has 2 aromatic rings. The predicted octanol–water partition coefficient (Wildman–Crippen LogP) is 2.50. The summed E-state index contributed by atoms with van der Waals surface area (Å²) in [5, 5.41) is 2.88. The van der Waals surface area contributed by atoms with Crippen LogP contribution in [0.5, 0.6) is 5.88 Å². The quantitative estimate of drug-likeness (QED) is 0.885. The van der Waals surface area contributed by atoms with E-state index in [0.717, 1.165) is 16.8 Å². The third kappa shape index (κ3) is 4.87. The standard InChI is InChI=1S/C18H24N4O2/c1-21(2)16-8-5-14(6-9-16)13-22(3)18(23)20-12-15-7-10-17(24-4)19-11-15/h5-11H,12-13H2,1-4H3,(H,20,23). The van der Waals surface area contributed by atoms with Crippen molar-refractivity contribution in [3.05, 3.63) is 53.7 Å². The maximum absolute atomic E-state index is 12.2. The molecule has 6 heteroatoms. The van der Waals surface area contributed by atoms with E-state index in [4.69, 9.17) is 4.74 Å². The van der Waals surface area contributed by atoms with Crippen LogP contribution in [-0.2, 0) is 13.1 Å². The van der Waals surface area contributed by atoms with Gasteiger partial charge in [-0.25, -0.2) is 9.78 Å². The smallest absolute Gasteiger partial charge is 0.317 e. The van der Waals surface area contributed by atoms with Crippen molar-refractivity contribution in [1.29, 1.82) is 0 Å². The van der Waals surface area contributed by atoms with Gasteiger partial charge in [-0.3, -0.25) is 0 Å². The van der Waals surface area contributed by atoms with E-state index in [2.05, 4.69) is 10.3 Å². The van der Waals surface area contributed by atoms with E-state index < -0.39 is 0 Å². The Balaban J connectivity index is 1.84. The summed E-state index contributed by atoms with van der Waals surface area (Å²) in [5.41, 5.74) is 3.15. The molecule has 0 atom stereocenters. The van der Waals surface area contributed by atoms with Crippen LogP contribution in [0, 0.1) is 0 Å². The number of urea groups is 1. The van der Waals surface area contributed by atoms with Crippen molar-refractivity contribution in [2.45, 2.75) is 13.1 Å². The average molecular weight is 328 g/mol. The molecule has 1 N–H and O–H groups in total. The van der Waals surface area contributed by atoms with E-state index in [1.54, 1.807) is 31.3 Å². The Hall–Kier alpha value is -2.76. The maximum Gasteiger partial charge on any atom is 0.317 e. The second-order valence-corrected chi connectivity index (χ2v) is 5.78. The number of aromatic nitrogens is 1. The molecule has 0 saturated heterocycles. The number of nitrogens with one attached hydrogen (secondary N) is 1. The fourth-order valence-electron chi connectivity index (χ4n) is 2.19. The molecule has 0 fully saturated rings. The van der Waals surface area contributed by atoms with Crippen LogP contribution >= 0.6 is 0 Å². The first kappa shape index (κ1) is 17.6. The lowest BCUT2D eigenvalue weighted by Gasteiger charge is -2.19. The Morgan fingerprint density at radius 1 is 1.08 bits per heavy atom. The first-order chi connectivity index (χ1) is 11.5.